The number of benzene rings is 1. The first-order valence-electron chi connectivity index (χ1n) is 7.50. The molecule has 0 bridgehead atoms. The summed E-state index contributed by atoms with van der Waals surface area (Å²) in [4.78, 5) is 1.50. The van der Waals surface area contributed by atoms with Gasteiger partial charge in [0.15, 0.2) is 0 Å². The Morgan fingerprint density at radius 3 is 2.57 bits per heavy atom. The average molecular weight is 300 g/mol. The maximum absolute atomic E-state index is 12.3. The summed E-state index contributed by atoms with van der Waals surface area (Å²) in [6.07, 6.45) is -1.52. The number of nitrogens with one attached hydrogen (secondary N) is 1. The monoisotopic (exact) mass is 300 g/mol. The molecule has 0 aliphatic carbocycles. The Labute approximate surface area is 124 Å². The van der Waals surface area contributed by atoms with Gasteiger partial charge in [-0.2, -0.15) is 13.2 Å². The maximum atomic E-state index is 12.3. The standard InChI is InChI=1S/C16H23F3N2/c1-13-3-2-4-14(11-13)5-8-20-15-6-9-21(10-7-15)12-16(17,18)19/h2-4,11,15,20H,5-10,12H2,1H3. The Morgan fingerprint density at radius 2 is 1.95 bits per heavy atom. The van der Waals surface area contributed by atoms with E-state index in [-0.39, 0.29) is 0 Å². The molecule has 1 aromatic carbocycles. The Hall–Kier alpha value is -1.07. The number of hydrogen-bond acceptors (Lipinski definition) is 2. The van der Waals surface area contributed by atoms with E-state index in [1.165, 1.54) is 16.0 Å². The third-order valence-electron chi connectivity index (χ3n) is 3.92. The van der Waals surface area contributed by atoms with Crippen LogP contribution in [0.5, 0.6) is 0 Å². The van der Waals surface area contributed by atoms with Crippen LogP contribution in [-0.4, -0.2) is 43.3 Å². The van der Waals surface area contributed by atoms with Crippen LogP contribution < -0.4 is 5.32 Å². The fourth-order valence-corrected chi connectivity index (χ4v) is 2.84. The number of hydrogen-bond donors (Lipinski definition) is 1. The van der Waals surface area contributed by atoms with Crippen molar-refractivity contribution in [2.45, 2.75) is 38.4 Å². The number of alkyl halides is 3. The normalized spacial score (nSPS) is 18.1. The van der Waals surface area contributed by atoms with Crippen LogP contribution in [0.1, 0.15) is 24.0 Å². The number of likely N-dealkylation sites (tertiary alicyclic amines) is 1. The second kappa shape index (κ2) is 7.27. The molecule has 1 aromatic rings. The smallest absolute Gasteiger partial charge is 0.314 e. The van der Waals surface area contributed by atoms with E-state index in [9.17, 15) is 13.2 Å². The van der Waals surface area contributed by atoms with E-state index in [1.54, 1.807) is 0 Å². The first-order chi connectivity index (χ1) is 9.92. The molecule has 0 unspecified atom stereocenters. The average Bonchev–Trinajstić information content (AvgIpc) is 2.39. The summed E-state index contributed by atoms with van der Waals surface area (Å²) in [6, 6.07) is 8.77. The molecule has 0 amide bonds. The molecule has 1 saturated heterocycles. The number of nitrogens with zero attached hydrogens (tertiary/aromatic N) is 1. The molecule has 21 heavy (non-hydrogen) atoms. The summed E-state index contributed by atoms with van der Waals surface area (Å²) < 4.78 is 36.9. The van der Waals surface area contributed by atoms with Crippen LogP contribution >= 0.6 is 0 Å². The largest absolute Gasteiger partial charge is 0.401 e. The van der Waals surface area contributed by atoms with Crippen molar-refractivity contribution in [1.29, 1.82) is 0 Å². The molecule has 2 rings (SSSR count). The summed E-state index contributed by atoms with van der Waals surface area (Å²) in [5, 5.41) is 3.47. The van der Waals surface area contributed by atoms with Gasteiger partial charge in [-0.3, -0.25) is 4.90 Å². The van der Waals surface area contributed by atoms with E-state index in [2.05, 4.69) is 36.5 Å². The van der Waals surface area contributed by atoms with Crippen LogP contribution in [0, 0.1) is 6.92 Å². The fraction of sp³-hybridized carbons (Fsp3) is 0.625. The van der Waals surface area contributed by atoms with Gasteiger partial charge in [0.1, 0.15) is 0 Å². The van der Waals surface area contributed by atoms with E-state index < -0.39 is 12.7 Å². The van der Waals surface area contributed by atoms with Crippen LogP contribution in [0.25, 0.3) is 0 Å². The molecule has 0 spiro atoms. The second-order valence-corrected chi connectivity index (χ2v) is 5.86. The van der Waals surface area contributed by atoms with Crippen molar-refractivity contribution in [2.75, 3.05) is 26.2 Å². The van der Waals surface area contributed by atoms with Crippen LogP contribution in [0.15, 0.2) is 24.3 Å². The van der Waals surface area contributed by atoms with E-state index in [1.807, 2.05) is 0 Å². The van der Waals surface area contributed by atoms with Crippen molar-refractivity contribution in [3.05, 3.63) is 35.4 Å². The molecule has 1 aliphatic heterocycles. The summed E-state index contributed by atoms with van der Waals surface area (Å²) in [5.74, 6) is 0. The Morgan fingerprint density at radius 1 is 1.24 bits per heavy atom. The van der Waals surface area contributed by atoms with Gasteiger partial charge in [-0.05, 0) is 51.4 Å². The highest BCUT2D eigenvalue weighted by Gasteiger charge is 2.32. The number of piperidine rings is 1. The number of halogens is 3. The molecule has 0 radical (unpaired) electrons. The van der Waals surface area contributed by atoms with Gasteiger partial charge >= 0.3 is 6.18 Å². The van der Waals surface area contributed by atoms with Gasteiger partial charge in [-0.25, -0.2) is 0 Å². The maximum Gasteiger partial charge on any atom is 0.401 e. The van der Waals surface area contributed by atoms with Gasteiger partial charge in [0.2, 0.25) is 0 Å². The van der Waals surface area contributed by atoms with Crippen molar-refractivity contribution in [1.82, 2.24) is 10.2 Å². The van der Waals surface area contributed by atoms with Crippen molar-refractivity contribution in [3.63, 3.8) is 0 Å². The SMILES string of the molecule is Cc1cccc(CCNC2CCN(CC(F)(F)F)CC2)c1. The van der Waals surface area contributed by atoms with E-state index in [0.717, 1.165) is 25.8 Å². The topological polar surface area (TPSA) is 15.3 Å². The fourth-order valence-electron chi connectivity index (χ4n) is 2.84. The first-order valence-corrected chi connectivity index (χ1v) is 7.50. The molecule has 1 aliphatic rings. The molecule has 5 heteroatoms. The summed E-state index contributed by atoms with van der Waals surface area (Å²) in [5.41, 5.74) is 2.56. The minimum Gasteiger partial charge on any atom is -0.314 e. The van der Waals surface area contributed by atoms with Crippen molar-refractivity contribution in [3.8, 4) is 0 Å². The summed E-state index contributed by atoms with van der Waals surface area (Å²) in [7, 11) is 0. The highest BCUT2D eigenvalue weighted by molar-refractivity contribution is 5.22. The Kier molecular flexibility index (Phi) is 5.65. The third kappa shape index (κ3) is 6.06. The van der Waals surface area contributed by atoms with Crippen molar-refractivity contribution in [2.24, 2.45) is 0 Å². The van der Waals surface area contributed by atoms with Crippen molar-refractivity contribution >= 4 is 0 Å². The quantitative estimate of drug-likeness (QED) is 0.898. The molecular weight excluding hydrogens is 277 g/mol. The molecule has 118 valence electrons. The molecular formula is C16H23F3N2. The van der Waals surface area contributed by atoms with Gasteiger partial charge in [-0.1, -0.05) is 29.8 Å². The molecule has 0 atom stereocenters. The lowest BCUT2D eigenvalue weighted by molar-refractivity contribution is -0.148. The van der Waals surface area contributed by atoms with Crippen LogP contribution in [0.2, 0.25) is 0 Å². The lowest BCUT2D eigenvalue weighted by Gasteiger charge is -2.32. The summed E-state index contributed by atoms with van der Waals surface area (Å²) in [6.45, 7) is 3.24. The van der Waals surface area contributed by atoms with Gasteiger partial charge < -0.3 is 5.32 Å². The van der Waals surface area contributed by atoms with Crippen LogP contribution in [0.3, 0.4) is 0 Å². The number of rotatable bonds is 5. The Balaban J connectivity index is 1.65. The minimum absolute atomic E-state index is 0.347. The van der Waals surface area contributed by atoms with Crippen molar-refractivity contribution < 1.29 is 13.2 Å². The van der Waals surface area contributed by atoms with Crippen LogP contribution in [0.4, 0.5) is 13.2 Å². The Bertz CT molecular complexity index is 437. The first kappa shape index (κ1) is 16.3. The van der Waals surface area contributed by atoms with Gasteiger partial charge in [0.25, 0.3) is 0 Å². The number of aryl methyl sites for hydroxylation is 1. The van der Waals surface area contributed by atoms with E-state index in [4.69, 9.17) is 0 Å². The van der Waals surface area contributed by atoms with Gasteiger partial charge in [0.05, 0.1) is 6.54 Å². The lowest BCUT2D eigenvalue weighted by Crippen LogP contribution is -2.45. The summed E-state index contributed by atoms with van der Waals surface area (Å²) >= 11 is 0. The highest BCUT2D eigenvalue weighted by atomic mass is 19.4. The molecule has 0 aromatic heterocycles. The lowest BCUT2D eigenvalue weighted by atomic mass is 10.0. The zero-order valence-electron chi connectivity index (χ0n) is 12.4. The zero-order chi connectivity index (χ0) is 15.3. The van der Waals surface area contributed by atoms with Gasteiger partial charge in [0, 0.05) is 6.04 Å². The third-order valence-corrected chi connectivity index (χ3v) is 3.92. The zero-order valence-corrected chi connectivity index (χ0v) is 12.4. The molecule has 1 heterocycles. The molecule has 2 nitrogen and oxygen atoms in total. The second-order valence-electron chi connectivity index (χ2n) is 5.86. The van der Waals surface area contributed by atoms with E-state index >= 15 is 0 Å². The van der Waals surface area contributed by atoms with Crippen LogP contribution in [-0.2, 0) is 6.42 Å². The minimum atomic E-state index is -4.08. The predicted molar refractivity (Wildman–Crippen MR) is 78.4 cm³/mol. The van der Waals surface area contributed by atoms with Gasteiger partial charge in [-0.15, -0.1) is 0 Å². The molecule has 1 fully saturated rings. The molecule has 0 saturated carbocycles. The highest BCUT2D eigenvalue weighted by Crippen LogP contribution is 2.19. The molecule has 1 N–H and O–H groups in total. The van der Waals surface area contributed by atoms with E-state index in [0.29, 0.717) is 19.1 Å². The predicted octanol–water partition coefficient (Wildman–Crippen LogP) is 3.15.